The molecule has 1 saturated heterocycles. The van der Waals surface area contributed by atoms with E-state index in [1.54, 1.807) is 16.8 Å². The van der Waals surface area contributed by atoms with E-state index >= 15 is 0 Å². The van der Waals surface area contributed by atoms with Gasteiger partial charge in [0.15, 0.2) is 0 Å². The molecule has 1 saturated carbocycles. The highest BCUT2D eigenvalue weighted by Crippen LogP contribution is 2.52. The van der Waals surface area contributed by atoms with Gasteiger partial charge >= 0.3 is 5.97 Å². The lowest BCUT2D eigenvalue weighted by atomic mass is 9.65. The number of carbonyl (C=O) groups is 1. The van der Waals surface area contributed by atoms with E-state index in [2.05, 4.69) is 30.7 Å². The molecule has 1 aliphatic carbocycles. The molecule has 2 heterocycles. The van der Waals surface area contributed by atoms with Crippen LogP contribution in [0, 0.1) is 10.8 Å². The van der Waals surface area contributed by atoms with Crippen LogP contribution >= 0.6 is 11.3 Å². The van der Waals surface area contributed by atoms with Gasteiger partial charge in [0.25, 0.3) is 0 Å². The average Bonchev–Trinajstić information content (AvgIpc) is 2.80. The van der Waals surface area contributed by atoms with E-state index in [9.17, 15) is 4.79 Å². The summed E-state index contributed by atoms with van der Waals surface area (Å²) in [5.74, 6) is -0.796. The van der Waals surface area contributed by atoms with Gasteiger partial charge in [-0.3, -0.25) is 9.69 Å². The summed E-state index contributed by atoms with van der Waals surface area (Å²) < 4.78 is 0. The van der Waals surface area contributed by atoms with Crippen molar-refractivity contribution in [3.8, 4) is 0 Å². The first kappa shape index (κ1) is 15.0. The van der Waals surface area contributed by atoms with E-state index in [1.165, 1.54) is 19.3 Å². The van der Waals surface area contributed by atoms with Crippen LogP contribution in [0.3, 0.4) is 0 Å². The number of likely N-dealkylation sites (tertiary alicyclic amines) is 1. The Balaban J connectivity index is 1.75. The molecule has 0 amide bonds. The molecule has 1 aromatic rings. The Morgan fingerprint density at radius 2 is 2.24 bits per heavy atom. The Hall–Kier alpha value is -0.940. The summed E-state index contributed by atoms with van der Waals surface area (Å²) in [5, 5.41) is 8.98. The molecule has 0 aromatic carbocycles. The average molecular weight is 308 g/mol. The van der Waals surface area contributed by atoms with Gasteiger partial charge in [-0.25, -0.2) is 4.98 Å². The third kappa shape index (κ3) is 3.14. The molecule has 4 nitrogen and oxygen atoms in total. The molecule has 2 fully saturated rings. The van der Waals surface area contributed by atoms with Crippen molar-refractivity contribution in [1.82, 2.24) is 9.88 Å². The third-order valence-electron chi connectivity index (χ3n) is 4.91. The number of carboxylic acid groups (broad SMARTS) is 1. The molecule has 2 bridgehead atoms. The van der Waals surface area contributed by atoms with Gasteiger partial charge in [-0.15, -0.1) is 11.3 Å². The molecule has 116 valence electrons. The van der Waals surface area contributed by atoms with E-state index in [1.807, 2.05) is 0 Å². The number of aliphatic carboxylic acids is 1. The number of carboxylic acids is 1. The highest BCUT2D eigenvalue weighted by Gasteiger charge is 2.49. The number of hydrogen-bond acceptors (Lipinski definition) is 4. The number of aromatic nitrogens is 1. The van der Waals surface area contributed by atoms with Crippen molar-refractivity contribution in [2.45, 2.75) is 59.0 Å². The van der Waals surface area contributed by atoms with Gasteiger partial charge in [-0.1, -0.05) is 20.8 Å². The standard InChI is InChI=1S/C16H24N2O2S/c1-15(2)5-11-6-16(3,8-15)9-18(11)7-13-12(4-14(19)20)17-10-21-13/h10-11H,4-9H2,1-3H3,(H,19,20). The molecule has 5 heteroatoms. The number of thiazole rings is 1. The van der Waals surface area contributed by atoms with Crippen molar-refractivity contribution in [2.75, 3.05) is 6.54 Å². The zero-order valence-corrected chi connectivity index (χ0v) is 13.9. The summed E-state index contributed by atoms with van der Waals surface area (Å²) in [5.41, 5.74) is 3.37. The number of nitrogens with zero attached hydrogens (tertiary/aromatic N) is 2. The second kappa shape index (κ2) is 5.06. The first-order valence-electron chi connectivity index (χ1n) is 7.63. The fraction of sp³-hybridized carbons (Fsp3) is 0.750. The Morgan fingerprint density at radius 1 is 1.48 bits per heavy atom. The van der Waals surface area contributed by atoms with E-state index in [0.717, 1.165) is 23.7 Å². The zero-order chi connectivity index (χ0) is 15.3. The lowest BCUT2D eigenvalue weighted by Gasteiger charge is -2.39. The van der Waals surface area contributed by atoms with Crippen LogP contribution in [0.25, 0.3) is 0 Å². The lowest BCUT2D eigenvalue weighted by Crippen LogP contribution is -2.34. The van der Waals surface area contributed by atoms with Crippen molar-refractivity contribution >= 4 is 17.3 Å². The highest BCUT2D eigenvalue weighted by atomic mass is 32.1. The van der Waals surface area contributed by atoms with Gasteiger partial charge in [-0.2, -0.15) is 0 Å². The maximum atomic E-state index is 10.9. The maximum Gasteiger partial charge on any atom is 0.309 e. The molecule has 1 aliphatic heterocycles. The molecular formula is C16H24N2O2S. The smallest absolute Gasteiger partial charge is 0.309 e. The number of fused-ring (bicyclic) bond motifs is 2. The molecule has 2 atom stereocenters. The van der Waals surface area contributed by atoms with Crippen molar-refractivity contribution in [3.63, 3.8) is 0 Å². The van der Waals surface area contributed by atoms with Crippen LogP contribution in [0.5, 0.6) is 0 Å². The second-order valence-corrected chi connectivity index (χ2v) is 8.85. The van der Waals surface area contributed by atoms with Crippen molar-refractivity contribution in [2.24, 2.45) is 10.8 Å². The van der Waals surface area contributed by atoms with Crippen LogP contribution in [0.2, 0.25) is 0 Å². The minimum Gasteiger partial charge on any atom is -0.481 e. The summed E-state index contributed by atoms with van der Waals surface area (Å²) in [6.45, 7) is 9.16. The minimum absolute atomic E-state index is 0.0418. The Labute approximate surface area is 130 Å². The highest BCUT2D eigenvalue weighted by molar-refractivity contribution is 7.09. The van der Waals surface area contributed by atoms with Crippen molar-refractivity contribution in [3.05, 3.63) is 16.1 Å². The largest absolute Gasteiger partial charge is 0.481 e. The topological polar surface area (TPSA) is 53.4 Å². The van der Waals surface area contributed by atoms with E-state index in [-0.39, 0.29) is 6.42 Å². The molecular weight excluding hydrogens is 284 g/mol. The normalized spacial score (nSPS) is 31.5. The zero-order valence-electron chi connectivity index (χ0n) is 13.1. The lowest BCUT2D eigenvalue weighted by molar-refractivity contribution is -0.136. The van der Waals surface area contributed by atoms with Crippen molar-refractivity contribution in [1.29, 1.82) is 0 Å². The predicted molar refractivity (Wildman–Crippen MR) is 83.4 cm³/mol. The molecule has 21 heavy (non-hydrogen) atoms. The quantitative estimate of drug-likeness (QED) is 0.928. The maximum absolute atomic E-state index is 10.9. The molecule has 2 unspecified atom stereocenters. The molecule has 3 rings (SSSR count). The summed E-state index contributed by atoms with van der Waals surface area (Å²) >= 11 is 1.60. The van der Waals surface area contributed by atoms with E-state index in [0.29, 0.717) is 16.9 Å². The van der Waals surface area contributed by atoms with E-state index < -0.39 is 5.97 Å². The van der Waals surface area contributed by atoms with Crippen LogP contribution in [0.1, 0.15) is 50.6 Å². The van der Waals surface area contributed by atoms with Crippen LogP contribution in [0.4, 0.5) is 0 Å². The summed E-state index contributed by atoms with van der Waals surface area (Å²) in [4.78, 5) is 18.9. The number of hydrogen-bond donors (Lipinski definition) is 1. The molecule has 0 spiro atoms. The van der Waals surface area contributed by atoms with Gasteiger partial charge in [0.2, 0.25) is 0 Å². The Morgan fingerprint density at radius 3 is 2.95 bits per heavy atom. The summed E-state index contributed by atoms with van der Waals surface area (Å²) in [7, 11) is 0. The van der Waals surface area contributed by atoms with E-state index in [4.69, 9.17) is 5.11 Å². The minimum atomic E-state index is -0.796. The monoisotopic (exact) mass is 308 g/mol. The van der Waals surface area contributed by atoms with Crippen molar-refractivity contribution < 1.29 is 9.90 Å². The summed E-state index contributed by atoms with van der Waals surface area (Å²) in [6.07, 6.45) is 3.86. The van der Waals surface area contributed by atoms with Crippen LogP contribution in [0.15, 0.2) is 5.51 Å². The van der Waals surface area contributed by atoms with Crippen LogP contribution in [-0.4, -0.2) is 33.5 Å². The molecule has 0 radical (unpaired) electrons. The first-order chi connectivity index (χ1) is 9.76. The van der Waals surface area contributed by atoms with Gasteiger partial charge in [0, 0.05) is 24.0 Å². The fourth-order valence-electron chi connectivity index (χ4n) is 4.66. The van der Waals surface area contributed by atoms with Gasteiger partial charge in [0.1, 0.15) is 0 Å². The Kier molecular flexibility index (Phi) is 3.61. The second-order valence-electron chi connectivity index (χ2n) is 7.91. The van der Waals surface area contributed by atoms with Crippen LogP contribution in [-0.2, 0) is 17.8 Å². The predicted octanol–water partition coefficient (Wildman–Crippen LogP) is 3.17. The summed E-state index contributed by atoms with van der Waals surface area (Å²) in [6, 6.07) is 0.638. The molecule has 1 aromatic heterocycles. The Bertz CT molecular complexity index is 554. The van der Waals surface area contributed by atoms with Gasteiger partial charge < -0.3 is 5.11 Å². The van der Waals surface area contributed by atoms with Gasteiger partial charge in [-0.05, 0) is 30.1 Å². The first-order valence-corrected chi connectivity index (χ1v) is 8.51. The number of rotatable bonds is 4. The molecule has 1 N–H and O–H groups in total. The van der Waals surface area contributed by atoms with Crippen LogP contribution < -0.4 is 0 Å². The fourth-order valence-corrected chi connectivity index (χ4v) is 5.46. The van der Waals surface area contributed by atoms with Gasteiger partial charge in [0.05, 0.1) is 17.6 Å². The molecule has 2 aliphatic rings. The third-order valence-corrected chi connectivity index (χ3v) is 5.77. The SMILES string of the molecule is CC1(C)CC2CC(C)(CN2Cc2scnc2CC(=O)O)C1.